The molecule has 2 N–H and O–H groups in total. The Labute approximate surface area is 118 Å². The second kappa shape index (κ2) is 5.20. The zero-order chi connectivity index (χ0) is 14.3. The van der Waals surface area contributed by atoms with Crippen LogP contribution in [0.15, 0.2) is 12.2 Å². The van der Waals surface area contributed by atoms with Gasteiger partial charge >= 0.3 is 5.97 Å². The Morgan fingerprint density at radius 3 is 2.60 bits per heavy atom. The van der Waals surface area contributed by atoms with Gasteiger partial charge in [-0.25, -0.2) is 0 Å². The average Bonchev–Trinajstić information content (AvgIpc) is 3.13. The van der Waals surface area contributed by atoms with E-state index in [1.165, 1.54) is 0 Å². The van der Waals surface area contributed by atoms with Crippen LogP contribution in [0.3, 0.4) is 0 Å². The lowest BCUT2D eigenvalue weighted by Gasteiger charge is -2.27. The Balaban J connectivity index is 1.67. The van der Waals surface area contributed by atoms with Crippen molar-refractivity contribution in [2.45, 2.75) is 25.8 Å². The molecule has 1 amide bonds. The minimum Gasteiger partial charge on any atom is -0.481 e. The first kappa shape index (κ1) is 13.6. The largest absolute Gasteiger partial charge is 0.481 e. The van der Waals surface area contributed by atoms with E-state index in [-0.39, 0.29) is 23.8 Å². The van der Waals surface area contributed by atoms with Crippen molar-refractivity contribution in [3.63, 3.8) is 0 Å². The molecule has 110 valence electrons. The lowest BCUT2D eigenvalue weighted by atomic mass is 9.82. The summed E-state index contributed by atoms with van der Waals surface area (Å²) in [4.78, 5) is 23.9. The Morgan fingerprint density at radius 1 is 1.30 bits per heavy atom. The van der Waals surface area contributed by atoms with E-state index in [4.69, 9.17) is 4.74 Å². The minimum absolute atomic E-state index is 0.0263. The number of rotatable bonds is 4. The first-order valence-electron chi connectivity index (χ1n) is 7.37. The summed E-state index contributed by atoms with van der Waals surface area (Å²) < 4.78 is 5.34. The predicted molar refractivity (Wildman–Crippen MR) is 71.9 cm³/mol. The molecule has 2 fully saturated rings. The van der Waals surface area contributed by atoms with E-state index < -0.39 is 17.8 Å². The van der Waals surface area contributed by atoms with Gasteiger partial charge in [0.1, 0.15) is 0 Å². The molecule has 2 aliphatic carbocycles. The van der Waals surface area contributed by atoms with Crippen LogP contribution in [0.2, 0.25) is 0 Å². The number of allylic oxidation sites excluding steroid dienone is 2. The Morgan fingerprint density at radius 2 is 2.00 bits per heavy atom. The molecule has 0 aromatic carbocycles. The number of aliphatic carboxylic acids is 1. The molecule has 0 aromatic rings. The van der Waals surface area contributed by atoms with Crippen molar-refractivity contribution in [2.24, 2.45) is 29.6 Å². The van der Waals surface area contributed by atoms with Crippen molar-refractivity contribution in [3.05, 3.63) is 12.2 Å². The van der Waals surface area contributed by atoms with Gasteiger partial charge in [-0.15, -0.1) is 0 Å². The molecule has 5 nitrogen and oxygen atoms in total. The maximum Gasteiger partial charge on any atom is 0.307 e. The van der Waals surface area contributed by atoms with Crippen LogP contribution in [0.25, 0.3) is 0 Å². The molecule has 0 radical (unpaired) electrons. The van der Waals surface area contributed by atoms with Gasteiger partial charge in [-0.2, -0.15) is 0 Å². The molecule has 6 atom stereocenters. The molecular formula is C15H21NO4. The zero-order valence-corrected chi connectivity index (χ0v) is 11.6. The number of hydrogen-bond acceptors (Lipinski definition) is 3. The van der Waals surface area contributed by atoms with E-state index in [9.17, 15) is 14.7 Å². The molecule has 5 heteroatoms. The summed E-state index contributed by atoms with van der Waals surface area (Å²) in [5, 5.41) is 12.4. The highest BCUT2D eigenvalue weighted by Crippen LogP contribution is 2.48. The molecule has 1 saturated carbocycles. The average molecular weight is 279 g/mol. The molecule has 0 spiro atoms. The van der Waals surface area contributed by atoms with E-state index in [0.717, 1.165) is 19.4 Å². The van der Waals surface area contributed by atoms with Crippen LogP contribution < -0.4 is 5.32 Å². The van der Waals surface area contributed by atoms with Crippen LogP contribution in [0.4, 0.5) is 0 Å². The van der Waals surface area contributed by atoms with E-state index in [1.54, 1.807) is 0 Å². The highest BCUT2D eigenvalue weighted by atomic mass is 16.5. The number of amides is 1. The van der Waals surface area contributed by atoms with Crippen LogP contribution >= 0.6 is 0 Å². The topological polar surface area (TPSA) is 75.6 Å². The van der Waals surface area contributed by atoms with Gasteiger partial charge in [-0.1, -0.05) is 12.2 Å². The number of carbonyl (C=O) groups is 2. The van der Waals surface area contributed by atoms with Gasteiger partial charge < -0.3 is 15.2 Å². The van der Waals surface area contributed by atoms with Crippen LogP contribution in [0.5, 0.6) is 0 Å². The molecule has 3 aliphatic rings. The molecule has 4 unspecified atom stereocenters. The van der Waals surface area contributed by atoms with Gasteiger partial charge in [0.05, 0.1) is 18.4 Å². The van der Waals surface area contributed by atoms with Crippen molar-refractivity contribution < 1.29 is 19.4 Å². The first-order chi connectivity index (χ1) is 9.58. The number of carboxylic acids is 1. The highest BCUT2D eigenvalue weighted by molar-refractivity contribution is 5.87. The fourth-order valence-electron chi connectivity index (χ4n) is 3.90. The molecule has 0 aromatic heterocycles. The number of carboxylic acid groups (broad SMARTS) is 1. The summed E-state index contributed by atoms with van der Waals surface area (Å²) in [6.07, 6.45) is 5.73. The van der Waals surface area contributed by atoms with E-state index in [0.29, 0.717) is 12.5 Å². The van der Waals surface area contributed by atoms with Gasteiger partial charge in [0.2, 0.25) is 5.91 Å². The summed E-state index contributed by atoms with van der Waals surface area (Å²) in [5.41, 5.74) is 0. The van der Waals surface area contributed by atoms with Crippen LogP contribution in [0.1, 0.15) is 19.8 Å². The maximum atomic E-state index is 12.5. The van der Waals surface area contributed by atoms with Gasteiger partial charge in [0.15, 0.2) is 0 Å². The molecule has 2 bridgehead atoms. The van der Waals surface area contributed by atoms with Crippen LogP contribution in [-0.4, -0.2) is 36.2 Å². The third-order valence-electron chi connectivity index (χ3n) is 5.09. The standard InChI is InChI=1S/C15H21NO4/c1-8(11-4-5-20-7-11)16-14(17)12-9-2-3-10(6-9)13(12)15(18)19/h2-3,8-13H,4-7H2,1H3,(H,16,17)(H,18,19)/t8?,9?,10?,11?,12-,13+/m0/s1. The SMILES string of the molecule is CC(NC(=O)[C@H]1C2C=CC(C2)[C@H]1C(=O)O)C1CCOC1. The lowest BCUT2D eigenvalue weighted by molar-refractivity contribution is -0.148. The van der Waals surface area contributed by atoms with E-state index in [2.05, 4.69) is 5.32 Å². The Kier molecular flexibility index (Phi) is 3.54. The highest BCUT2D eigenvalue weighted by Gasteiger charge is 2.51. The Hall–Kier alpha value is -1.36. The van der Waals surface area contributed by atoms with Crippen molar-refractivity contribution in [1.82, 2.24) is 5.32 Å². The van der Waals surface area contributed by atoms with Crippen LogP contribution in [0, 0.1) is 29.6 Å². The quantitative estimate of drug-likeness (QED) is 0.754. The van der Waals surface area contributed by atoms with Gasteiger partial charge in [0.25, 0.3) is 0 Å². The normalized spacial score (nSPS) is 40.0. The van der Waals surface area contributed by atoms with Gasteiger partial charge in [-0.05, 0) is 31.6 Å². The zero-order valence-electron chi connectivity index (χ0n) is 11.6. The number of hydrogen-bond donors (Lipinski definition) is 2. The summed E-state index contributed by atoms with van der Waals surface area (Å²) in [6.45, 7) is 3.41. The summed E-state index contributed by atoms with van der Waals surface area (Å²) >= 11 is 0. The van der Waals surface area contributed by atoms with Crippen molar-refractivity contribution in [3.8, 4) is 0 Å². The van der Waals surface area contributed by atoms with E-state index >= 15 is 0 Å². The molecule has 1 saturated heterocycles. The third-order valence-corrected chi connectivity index (χ3v) is 5.09. The summed E-state index contributed by atoms with van der Waals surface area (Å²) in [7, 11) is 0. The Bertz CT molecular complexity index is 441. The fraction of sp³-hybridized carbons (Fsp3) is 0.733. The number of fused-ring (bicyclic) bond motifs is 2. The van der Waals surface area contributed by atoms with Crippen molar-refractivity contribution >= 4 is 11.9 Å². The van der Waals surface area contributed by atoms with Gasteiger partial charge in [0, 0.05) is 18.6 Å². The molecule has 1 aliphatic heterocycles. The first-order valence-corrected chi connectivity index (χ1v) is 7.37. The molecular weight excluding hydrogens is 258 g/mol. The molecule has 3 rings (SSSR count). The fourth-order valence-corrected chi connectivity index (χ4v) is 3.90. The summed E-state index contributed by atoms with van der Waals surface area (Å²) in [5.74, 6) is -1.46. The number of ether oxygens (including phenoxy) is 1. The maximum absolute atomic E-state index is 12.5. The molecule has 20 heavy (non-hydrogen) atoms. The van der Waals surface area contributed by atoms with E-state index in [1.807, 2.05) is 19.1 Å². The second-order valence-electron chi connectivity index (χ2n) is 6.26. The predicted octanol–water partition coefficient (Wildman–Crippen LogP) is 1.05. The number of nitrogens with one attached hydrogen (secondary N) is 1. The molecule has 1 heterocycles. The summed E-state index contributed by atoms with van der Waals surface area (Å²) in [6, 6.07) is 0.0440. The third kappa shape index (κ3) is 2.24. The monoisotopic (exact) mass is 279 g/mol. The lowest BCUT2D eigenvalue weighted by Crippen LogP contribution is -2.46. The second-order valence-corrected chi connectivity index (χ2v) is 6.26. The van der Waals surface area contributed by atoms with Crippen LogP contribution in [-0.2, 0) is 14.3 Å². The number of carbonyl (C=O) groups excluding carboxylic acids is 1. The smallest absolute Gasteiger partial charge is 0.307 e. The minimum atomic E-state index is -0.848. The van der Waals surface area contributed by atoms with Crippen molar-refractivity contribution in [2.75, 3.05) is 13.2 Å². The van der Waals surface area contributed by atoms with Gasteiger partial charge in [-0.3, -0.25) is 9.59 Å². The van der Waals surface area contributed by atoms with Crippen molar-refractivity contribution in [1.29, 1.82) is 0 Å².